The van der Waals surface area contributed by atoms with E-state index in [4.69, 9.17) is 5.73 Å². The van der Waals surface area contributed by atoms with Crippen LogP contribution in [0.3, 0.4) is 0 Å². The summed E-state index contributed by atoms with van der Waals surface area (Å²) in [7, 11) is 0. The summed E-state index contributed by atoms with van der Waals surface area (Å²) < 4.78 is 37.8. The van der Waals surface area contributed by atoms with E-state index in [0.717, 1.165) is 12.8 Å². The Morgan fingerprint density at radius 2 is 2.11 bits per heavy atom. The third-order valence-corrected chi connectivity index (χ3v) is 4.59. The fourth-order valence-corrected chi connectivity index (χ4v) is 3.38. The molecule has 0 spiro atoms. The number of nitrogens with two attached hydrogens (primary N) is 1. The maximum Gasteiger partial charge on any atom is 0.412 e. The average Bonchev–Trinajstić information content (AvgIpc) is 2.38. The lowest BCUT2D eigenvalue weighted by Crippen LogP contribution is -2.48. The van der Waals surface area contributed by atoms with E-state index in [1.54, 1.807) is 0 Å². The van der Waals surface area contributed by atoms with Gasteiger partial charge in [-0.05, 0) is 37.6 Å². The van der Waals surface area contributed by atoms with Crippen molar-refractivity contribution in [1.29, 1.82) is 0 Å². The first-order valence-electron chi connectivity index (χ1n) is 7.12. The fourth-order valence-electron chi connectivity index (χ4n) is 3.38. The van der Waals surface area contributed by atoms with Gasteiger partial charge in [0.25, 0.3) is 0 Å². The Hall–Kier alpha value is -0.550. The third kappa shape index (κ3) is 3.51. The van der Waals surface area contributed by atoms with Gasteiger partial charge in [-0.25, -0.2) is 0 Å². The van der Waals surface area contributed by atoms with Crippen LogP contribution >= 0.6 is 0 Å². The topological polar surface area (TPSA) is 29.3 Å². The van der Waals surface area contributed by atoms with Gasteiger partial charge >= 0.3 is 6.18 Å². The molecule has 3 atom stereocenters. The molecule has 2 aliphatic rings. The lowest BCUT2D eigenvalue weighted by Gasteiger charge is -2.43. The SMILES string of the molecule is CC1CCC(CN)C(N2CC=C(C(F)(F)F)CC2)C1. The van der Waals surface area contributed by atoms with Crippen molar-refractivity contribution in [2.24, 2.45) is 17.6 Å². The Bertz CT molecular complexity index is 338. The number of nitrogens with zero attached hydrogens (tertiary/aromatic N) is 1. The fraction of sp³-hybridized carbons (Fsp3) is 0.857. The van der Waals surface area contributed by atoms with Crippen molar-refractivity contribution >= 4 is 0 Å². The first-order valence-corrected chi connectivity index (χ1v) is 7.12. The number of rotatable bonds is 2. The highest BCUT2D eigenvalue weighted by Gasteiger charge is 2.38. The van der Waals surface area contributed by atoms with E-state index < -0.39 is 6.18 Å². The molecule has 3 unspecified atom stereocenters. The molecule has 2 rings (SSSR count). The summed E-state index contributed by atoms with van der Waals surface area (Å²) in [4.78, 5) is 2.20. The van der Waals surface area contributed by atoms with Crippen molar-refractivity contribution in [3.63, 3.8) is 0 Å². The van der Waals surface area contributed by atoms with Crippen molar-refractivity contribution < 1.29 is 13.2 Å². The van der Waals surface area contributed by atoms with Crippen LogP contribution in [0, 0.1) is 11.8 Å². The molecule has 0 amide bonds. The van der Waals surface area contributed by atoms with Crippen LogP contribution in [-0.2, 0) is 0 Å². The molecule has 2 nitrogen and oxygen atoms in total. The molecule has 110 valence electrons. The minimum atomic E-state index is -4.15. The van der Waals surface area contributed by atoms with Crippen LogP contribution in [0.25, 0.3) is 0 Å². The van der Waals surface area contributed by atoms with E-state index >= 15 is 0 Å². The van der Waals surface area contributed by atoms with Crippen molar-refractivity contribution in [3.05, 3.63) is 11.6 Å². The van der Waals surface area contributed by atoms with Gasteiger partial charge in [0.1, 0.15) is 0 Å². The van der Waals surface area contributed by atoms with Crippen LogP contribution in [0.4, 0.5) is 13.2 Å². The predicted molar refractivity (Wildman–Crippen MR) is 69.7 cm³/mol. The number of halogens is 3. The van der Waals surface area contributed by atoms with Gasteiger partial charge in [0, 0.05) is 24.7 Å². The Labute approximate surface area is 112 Å². The van der Waals surface area contributed by atoms with E-state index in [1.165, 1.54) is 12.5 Å². The lowest BCUT2D eigenvalue weighted by molar-refractivity contribution is -0.0969. The smallest absolute Gasteiger partial charge is 0.330 e. The van der Waals surface area contributed by atoms with Gasteiger partial charge in [0.05, 0.1) is 0 Å². The molecule has 0 aromatic carbocycles. The van der Waals surface area contributed by atoms with Gasteiger partial charge in [-0.3, -0.25) is 4.90 Å². The Morgan fingerprint density at radius 1 is 1.37 bits per heavy atom. The second kappa shape index (κ2) is 5.83. The minimum Gasteiger partial charge on any atom is -0.330 e. The monoisotopic (exact) mass is 276 g/mol. The summed E-state index contributed by atoms with van der Waals surface area (Å²) in [6.45, 7) is 3.80. The summed E-state index contributed by atoms with van der Waals surface area (Å²) >= 11 is 0. The molecule has 0 aromatic rings. The van der Waals surface area contributed by atoms with Crippen LogP contribution in [0.1, 0.15) is 32.6 Å². The molecule has 0 aromatic heterocycles. The highest BCUT2D eigenvalue weighted by Crippen LogP contribution is 2.35. The molecule has 0 saturated heterocycles. The zero-order valence-corrected chi connectivity index (χ0v) is 11.4. The maximum atomic E-state index is 12.6. The van der Waals surface area contributed by atoms with Gasteiger partial charge in [-0.2, -0.15) is 13.2 Å². The molecular weight excluding hydrogens is 253 g/mol. The quantitative estimate of drug-likeness (QED) is 0.786. The molecule has 1 heterocycles. The van der Waals surface area contributed by atoms with Gasteiger partial charge < -0.3 is 5.73 Å². The Morgan fingerprint density at radius 3 is 2.63 bits per heavy atom. The zero-order chi connectivity index (χ0) is 14.0. The molecule has 2 N–H and O–H groups in total. The number of hydrogen-bond acceptors (Lipinski definition) is 2. The third-order valence-electron chi connectivity index (χ3n) is 4.59. The molecule has 0 bridgehead atoms. The molecule has 1 fully saturated rings. The Balaban J connectivity index is 2.01. The maximum absolute atomic E-state index is 12.6. The highest BCUT2D eigenvalue weighted by molar-refractivity contribution is 5.13. The molecule has 1 saturated carbocycles. The molecular formula is C14H23F3N2. The van der Waals surface area contributed by atoms with E-state index in [9.17, 15) is 13.2 Å². The standard InChI is InChI=1S/C14H23F3N2/c1-10-2-3-11(9-18)13(8-10)19-6-4-12(5-7-19)14(15,16)17/h4,10-11,13H,2-3,5-9,18H2,1H3. The van der Waals surface area contributed by atoms with E-state index in [-0.39, 0.29) is 12.0 Å². The number of hydrogen-bond donors (Lipinski definition) is 1. The molecule has 19 heavy (non-hydrogen) atoms. The zero-order valence-electron chi connectivity index (χ0n) is 11.4. The largest absolute Gasteiger partial charge is 0.412 e. The summed E-state index contributed by atoms with van der Waals surface area (Å²) in [5.41, 5.74) is 5.46. The van der Waals surface area contributed by atoms with Crippen LogP contribution < -0.4 is 5.73 Å². The van der Waals surface area contributed by atoms with Crippen LogP contribution in [0.15, 0.2) is 11.6 Å². The first kappa shape index (κ1) is 14.9. The van der Waals surface area contributed by atoms with Crippen LogP contribution in [0.2, 0.25) is 0 Å². The van der Waals surface area contributed by atoms with Gasteiger partial charge in [-0.1, -0.05) is 19.4 Å². The van der Waals surface area contributed by atoms with Gasteiger partial charge in [0.2, 0.25) is 0 Å². The second-order valence-corrected chi connectivity index (χ2v) is 5.95. The average molecular weight is 276 g/mol. The molecule has 1 aliphatic heterocycles. The van der Waals surface area contributed by atoms with Crippen molar-refractivity contribution in [2.75, 3.05) is 19.6 Å². The molecule has 5 heteroatoms. The Kier molecular flexibility index (Phi) is 4.56. The van der Waals surface area contributed by atoms with Crippen molar-refractivity contribution in [2.45, 2.75) is 44.8 Å². The van der Waals surface area contributed by atoms with E-state index in [0.29, 0.717) is 37.5 Å². The first-order chi connectivity index (χ1) is 8.91. The van der Waals surface area contributed by atoms with Crippen LogP contribution in [0.5, 0.6) is 0 Å². The minimum absolute atomic E-state index is 0.117. The summed E-state index contributed by atoms with van der Waals surface area (Å²) in [5, 5.41) is 0. The van der Waals surface area contributed by atoms with Gasteiger partial charge in [-0.15, -0.1) is 0 Å². The molecule has 0 radical (unpaired) electrons. The summed E-state index contributed by atoms with van der Waals surface area (Å²) in [5.74, 6) is 1.10. The van der Waals surface area contributed by atoms with Crippen molar-refractivity contribution in [3.8, 4) is 0 Å². The van der Waals surface area contributed by atoms with Crippen LogP contribution in [-0.4, -0.2) is 36.8 Å². The van der Waals surface area contributed by atoms with E-state index in [1.807, 2.05) is 0 Å². The van der Waals surface area contributed by atoms with Gasteiger partial charge in [0.15, 0.2) is 0 Å². The lowest BCUT2D eigenvalue weighted by atomic mass is 9.78. The van der Waals surface area contributed by atoms with Crippen molar-refractivity contribution in [1.82, 2.24) is 4.90 Å². The second-order valence-electron chi connectivity index (χ2n) is 5.95. The number of alkyl halides is 3. The summed E-state index contributed by atoms with van der Waals surface area (Å²) in [6.07, 6.45) is 0.683. The predicted octanol–water partition coefficient (Wildman–Crippen LogP) is 2.94. The normalized spacial score (nSPS) is 34.2. The molecule has 1 aliphatic carbocycles. The van der Waals surface area contributed by atoms with E-state index in [2.05, 4.69) is 11.8 Å². The highest BCUT2D eigenvalue weighted by atomic mass is 19.4. The summed E-state index contributed by atoms with van der Waals surface area (Å²) in [6, 6.07) is 0.361.